The third-order valence-electron chi connectivity index (χ3n) is 4.22. The van der Waals surface area contributed by atoms with Crippen LogP contribution in [0.15, 0.2) is 12.1 Å². The van der Waals surface area contributed by atoms with Crippen LogP contribution in [0.2, 0.25) is 5.02 Å². The fourth-order valence-corrected chi connectivity index (χ4v) is 3.06. The van der Waals surface area contributed by atoms with Gasteiger partial charge in [0.2, 0.25) is 5.88 Å². The monoisotopic (exact) mass is 266 g/mol. The SMILES string of the molecule is Cc1ccc(Cl)c(OC2CCC3(CC2)CNC3)n1. The highest BCUT2D eigenvalue weighted by Crippen LogP contribution is 2.40. The molecule has 1 aliphatic carbocycles. The number of aromatic nitrogens is 1. The summed E-state index contributed by atoms with van der Waals surface area (Å²) in [5, 5.41) is 4.00. The zero-order valence-electron chi connectivity index (χ0n) is 10.7. The van der Waals surface area contributed by atoms with E-state index < -0.39 is 0 Å². The van der Waals surface area contributed by atoms with E-state index in [0.717, 1.165) is 18.5 Å². The third kappa shape index (κ3) is 2.34. The number of nitrogens with one attached hydrogen (secondary N) is 1. The number of rotatable bonds is 2. The highest BCUT2D eigenvalue weighted by Gasteiger charge is 2.40. The van der Waals surface area contributed by atoms with Crippen molar-refractivity contribution in [3.63, 3.8) is 0 Å². The lowest BCUT2D eigenvalue weighted by atomic mass is 9.69. The van der Waals surface area contributed by atoms with Gasteiger partial charge in [0.05, 0.1) is 0 Å². The molecule has 0 amide bonds. The lowest BCUT2D eigenvalue weighted by molar-refractivity contribution is 0.0402. The number of hydrogen-bond acceptors (Lipinski definition) is 3. The Labute approximate surface area is 113 Å². The molecule has 1 aromatic rings. The number of ether oxygens (including phenoxy) is 1. The van der Waals surface area contributed by atoms with Gasteiger partial charge in [0, 0.05) is 18.8 Å². The molecular formula is C14H19ClN2O. The predicted octanol–water partition coefficient (Wildman–Crippen LogP) is 2.95. The number of pyridine rings is 1. The molecule has 2 heterocycles. The van der Waals surface area contributed by atoms with E-state index in [-0.39, 0.29) is 6.10 Å². The highest BCUT2D eigenvalue weighted by atomic mass is 35.5. The first-order valence-corrected chi connectivity index (χ1v) is 7.05. The molecule has 0 unspecified atom stereocenters. The second-order valence-corrected chi connectivity index (χ2v) is 6.07. The van der Waals surface area contributed by atoms with Gasteiger partial charge in [0.1, 0.15) is 11.1 Å². The summed E-state index contributed by atoms with van der Waals surface area (Å²) < 4.78 is 5.97. The zero-order chi connectivity index (χ0) is 12.6. The summed E-state index contributed by atoms with van der Waals surface area (Å²) in [6, 6.07) is 3.77. The van der Waals surface area contributed by atoms with E-state index in [4.69, 9.17) is 16.3 Å². The second kappa shape index (κ2) is 4.71. The molecule has 1 saturated carbocycles. The molecule has 98 valence electrons. The average Bonchev–Trinajstić information content (AvgIpc) is 2.33. The molecule has 4 heteroatoms. The normalized spacial score (nSPS) is 22.8. The quantitative estimate of drug-likeness (QED) is 0.894. The number of hydrogen-bond donors (Lipinski definition) is 1. The number of halogens is 1. The van der Waals surface area contributed by atoms with Crippen LogP contribution < -0.4 is 10.1 Å². The predicted molar refractivity (Wildman–Crippen MR) is 72.2 cm³/mol. The standard InChI is InChI=1S/C14H19ClN2O/c1-10-2-3-12(15)13(17-10)18-11-4-6-14(7-5-11)8-16-9-14/h2-3,11,16H,4-9H2,1H3. The Kier molecular flexibility index (Phi) is 3.20. The molecule has 0 radical (unpaired) electrons. The van der Waals surface area contributed by atoms with Gasteiger partial charge in [-0.2, -0.15) is 0 Å². The van der Waals surface area contributed by atoms with Crippen molar-refractivity contribution in [1.29, 1.82) is 0 Å². The molecule has 3 nitrogen and oxygen atoms in total. The summed E-state index contributed by atoms with van der Waals surface area (Å²) in [4.78, 5) is 4.37. The van der Waals surface area contributed by atoms with E-state index >= 15 is 0 Å². The van der Waals surface area contributed by atoms with Crippen molar-refractivity contribution in [2.75, 3.05) is 13.1 Å². The van der Waals surface area contributed by atoms with Gasteiger partial charge in [-0.05, 0) is 50.2 Å². The van der Waals surface area contributed by atoms with Crippen molar-refractivity contribution in [3.8, 4) is 5.88 Å². The zero-order valence-corrected chi connectivity index (χ0v) is 11.5. The van der Waals surface area contributed by atoms with Crippen LogP contribution >= 0.6 is 11.6 Å². The molecule has 3 rings (SSSR count). The lowest BCUT2D eigenvalue weighted by Gasteiger charge is -2.47. The van der Waals surface area contributed by atoms with Gasteiger partial charge in [-0.25, -0.2) is 4.98 Å². The molecule has 1 aliphatic heterocycles. The molecular weight excluding hydrogens is 248 g/mol. The summed E-state index contributed by atoms with van der Waals surface area (Å²) in [6.45, 7) is 4.32. The Bertz CT molecular complexity index is 435. The Morgan fingerprint density at radius 3 is 2.67 bits per heavy atom. The summed E-state index contributed by atoms with van der Waals surface area (Å²) in [5.74, 6) is 0.601. The van der Waals surface area contributed by atoms with Crippen LogP contribution in [0.5, 0.6) is 5.88 Å². The third-order valence-corrected chi connectivity index (χ3v) is 4.51. The van der Waals surface area contributed by atoms with E-state index in [9.17, 15) is 0 Å². The molecule has 1 saturated heterocycles. The molecule has 0 aromatic carbocycles. The van der Waals surface area contributed by atoms with Crippen molar-refractivity contribution in [2.24, 2.45) is 5.41 Å². The van der Waals surface area contributed by atoms with Crippen LogP contribution in [0.25, 0.3) is 0 Å². The first-order valence-electron chi connectivity index (χ1n) is 6.67. The molecule has 2 fully saturated rings. The molecule has 18 heavy (non-hydrogen) atoms. The van der Waals surface area contributed by atoms with Gasteiger partial charge in [-0.15, -0.1) is 0 Å². The van der Waals surface area contributed by atoms with Gasteiger partial charge in [-0.3, -0.25) is 0 Å². The number of nitrogens with zero attached hydrogens (tertiary/aromatic N) is 1. The van der Waals surface area contributed by atoms with Gasteiger partial charge in [0.25, 0.3) is 0 Å². The summed E-state index contributed by atoms with van der Waals surface area (Å²) >= 11 is 6.11. The fourth-order valence-electron chi connectivity index (χ4n) is 2.91. The Hall–Kier alpha value is -0.800. The van der Waals surface area contributed by atoms with Crippen LogP contribution in [0.3, 0.4) is 0 Å². The molecule has 2 aliphatic rings. The van der Waals surface area contributed by atoms with Gasteiger partial charge < -0.3 is 10.1 Å². The Morgan fingerprint density at radius 1 is 1.33 bits per heavy atom. The topological polar surface area (TPSA) is 34.1 Å². The fraction of sp³-hybridized carbons (Fsp3) is 0.643. The average molecular weight is 267 g/mol. The molecule has 0 atom stereocenters. The van der Waals surface area contributed by atoms with E-state index in [1.54, 1.807) is 0 Å². The van der Waals surface area contributed by atoms with Crippen molar-refractivity contribution in [2.45, 2.75) is 38.7 Å². The van der Waals surface area contributed by atoms with Crippen molar-refractivity contribution in [1.82, 2.24) is 10.3 Å². The van der Waals surface area contributed by atoms with Crippen LogP contribution in [0, 0.1) is 12.3 Å². The molecule has 1 aromatic heterocycles. The second-order valence-electron chi connectivity index (χ2n) is 5.66. The van der Waals surface area contributed by atoms with E-state index in [1.807, 2.05) is 19.1 Å². The Balaban J connectivity index is 1.62. The maximum Gasteiger partial charge on any atom is 0.233 e. The van der Waals surface area contributed by atoms with E-state index in [2.05, 4.69) is 10.3 Å². The number of aryl methyl sites for hydroxylation is 1. The highest BCUT2D eigenvalue weighted by molar-refractivity contribution is 6.31. The first-order chi connectivity index (χ1) is 8.67. The largest absolute Gasteiger partial charge is 0.473 e. The van der Waals surface area contributed by atoms with Crippen LogP contribution in [-0.4, -0.2) is 24.2 Å². The summed E-state index contributed by atoms with van der Waals surface area (Å²) in [5.41, 5.74) is 1.52. The molecule has 0 bridgehead atoms. The van der Waals surface area contributed by atoms with Crippen LogP contribution in [-0.2, 0) is 0 Å². The van der Waals surface area contributed by atoms with Gasteiger partial charge in [0.15, 0.2) is 0 Å². The first kappa shape index (κ1) is 12.2. The van der Waals surface area contributed by atoms with Crippen molar-refractivity contribution in [3.05, 3.63) is 22.8 Å². The van der Waals surface area contributed by atoms with Gasteiger partial charge >= 0.3 is 0 Å². The van der Waals surface area contributed by atoms with Crippen LogP contribution in [0.4, 0.5) is 0 Å². The minimum absolute atomic E-state index is 0.281. The lowest BCUT2D eigenvalue weighted by Crippen LogP contribution is -2.55. The van der Waals surface area contributed by atoms with Crippen molar-refractivity contribution >= 4 is 11.6 Å². The minimum Gasteiger partial charge on any atom is -0.473 e. The van der Waals surface area contributed by atoms with Crippen LogP contribution in [0.1, 0.15) is 31.4 Å². The minimum atomic E-state index is 0.281. The molecule has 1 N–H and O–H groups in total. The maximum absolute atomic E-state index is 6.11. The van der Waals surface area contributed by atoms with E-state index in [1.165, 1.54) is 25.9 Å². The summed E-state index contributed by atoms with van der Waals surface area (Å²) in [7, 11) is 0. The van der Waals surface area contributed by atoms with E-state index in [0.29, 0.717) is 16.3 Å². The smallest absolute Gasteiger partial charge is 0.233 e. The van der Waals surface area contributed by atoms with Gasteiger partial charge in [-0.1, -0.05) is 11.6 Å². The molecule has 1 spiro atoms. The maximum atomic E-state index is 6.11. The van der Waals surface area contributed by atoms with Crippen molar-refractivity contribution < 1.29 is 4.74 Å². The Morgan fingerprint density at radius 2 is 2.06 bits per heavy atom. The summed E-state index contributed by atoms with van der Waals surface area (Å²) in [6.07, 6.45) is 5.03.